The number of anilines is 1. The summed E-state index contributed by atoms with van der Waals surface area (Å²) in [6, 6.07) is 9.24. The first kappa shape index (κ1) is 15.4. The Morgan fingerprint density at radius 3 is 2.67 bits per heavy atom. The lowest BCUT2D eigenvalue weighted by Gasteiger charge is -2.17. The number of rotatable bonds is 4. The Labute approximate surface area is 130 Å². The fourth-order valence-corrected chi connectivity index (χ4v) is 2.38. The van der Waals surface area contributed by atoms with Gasteiger partial charge in [-0.1, -0.05) is 12.1 Å². The van der Waals surface area contributed by atoms with Crippen molar-refractivity contribution in [3.63, 3.8) is 0 Å². The van der Waals surface area contributed by atoms with E-state index in [0.717, 1.165) is 10.0 Å². The Balaban J connectivity index is 2.28. The highest BCUT2D eigenvalue weighted by Gasteiger charge is 2.15. The topological polar surface area (TPSA) is 55.2 Å². The van der Waals surface area contributed by atoms with Gasteiger partial charge in [0.25, 0.3) is 5.69 Å². The molecule has 1 unspecified atom stereocenters. The largest absolute Gasteiger partial charge is 0.378 e. The Hall–Kier alpha value is -1.95. The van der Waals surface area contributed by atoms with Crippen LogP contribution in [-0.2, 0) is 0 Å². The molecule has 0 radical (unpaired) electrons. The standard InChI is InChI=1S/C15H14BrFN2O2/c1-9-3-4-11(7-15(9)19(20)21)10(2)18-14-8-12(17)5-6-13(14)16/h3-8,10,18H,1-2H3. The van der Waals surface area contributed by atoms with Crippen molar-refractivity contribution >= 4 is 27.3 Å². The maximum Gasteiger partial charge on any atom is 0.272 e. The first-order valence-corrected chi connectivity index (χ1v) is 7.14. The van der Waals surface area contributed by atoms with E-state index in [1.54, 1.807) is 25.1 Å². The molecule has 0 aliphatic heterocycles. The van der Waals surface area contributed by atoms with Gasteiger partial charge in [-0.2, -0.15) is 0 Å². The quantitative estimate of drug-likeness (QED) is 0.623. The molecule has 1 N–H and O–H groups in total. The number of benzene rings is 2. The van der Waals surface area contributed by atoms with Crippen molar-refractivity contribution in [1.29, 1.82) is 0 Å². The molecule has 2 aromatic carbocycles. The fourth-order valence-electron chi connectivity index (χ4n) is 2.02. The summed E-state index contributed by atoms with van der Waals surface area (Å²) in [4.78, 5) is 10.6. The van der Waals surface area contributed by atoms with E-state index >= 15 is 0 Å². The van der Waals surface area contributed by atoms with Crippen molar-refractivity contribution in [1.82, 2.24) is 0 Å². The van der Waals surface area contributed by atoms with Gasteiger partial charge < -0.3 is 5.32 Å². The molecule has 1 atom stereocenters. The number of hydrogen-bond acceptors (Lipinski definition) is 3. The highest BCUT2D eigenvalue weighted by Crippen LogP contribution is 2.29. The maximum atomic E-state index is 13.3. The summed E-state index contributed by atoms with van der Waals surface area (Å²) >= 11 is 3.34. The van der Waals surface area contributed by atoms with Crippen molar-refractivity contribution in [2.75, 3.05) is 5.32 Å². The Bertz CT molecular complexity index is 691. The summed E-state index contributed by atoms with van der Waals surface area (Å²) in [5.41, 5.74) is 2.07. The van der Waals surface area contributed by atoms with Gasteiger partial charge in [-0.15, -0.1) is 0 Å². The molecule has 0 heterocycles. The van der Waals surface area contributed by atoms with E-state index in [4.69, 9.17) is 0 Å². The molecule has 0 aliphatic rings. The number of nitrogens with one attached hydrogen (secondary N) is 1. The second-order valence-corrected chi connectivity index (χ2v) is 5.65. The normalized spacial score (nSPS) is 12.0. The summed E-state index contributed by atoms with van der Waals surface area (Å²) in [5.74, 6) is -0.345. The molecule has 0 fully saturated rings. The van der Waals surface area contributed by atoms with E-state index in [1.165, 1.54) is 12.1 Å². The number of halogens is 2. The highest BCUT2D eigenvalue weighted by molar-refractivity contribution is 9.10. The molecule has 2 aromatic rings. The second-order valence-electron chi connectivity index (χ2n) is 4.79. The maximum absolute atomic E-state index is 13.3. The van der Waals surface area contributed by atoms with Crippen LogP contribution in [0.25, 0.3) is 0 Å². The molecule has 21 heavy (non-hydrogen) atoms. The van der Waals surface area contributed by atoms with E-state index < -0.39 is 4.92 Å². The van der Waals surface area contributed by atoms with Crippen molar-refractivity contribution in [3.8, 4) is 0 Å². The lowest BCUT2D eigenvalue weighted by Crippen LogP contribution is -2.08. The molecule has 0 amide bonds. The summed E-state index contributed by atoms with van der Waals surface area (Å²) in [6.07, 6.45) is 0. The summed E-state index contributed by atoms with van der Waals surface area (Å²) in [5, 5.41) is 14.1. The van der Waals surface area contributed by atoms with Gasteiger partial charge >= 0.3 is 0 Å². The Kier molecular flexibility index (Phi) is 4.57. The van der Waals surface area contributed by atoms with Crippen LogP contribution in [0, 0.1) is 22.9 Å². The minimum Gasteiger partial charge on any atom is -0.378 e. The highest BCUT2D eigenvalue weighted by atomic mass is 79.9. The van der Waals surface area contributed by atoms with Crippen LogP contribution in [0.2, 0.25) is 0 Å². The monoisotopic (exact) mass is 352 g/mol. The predicted octanol–water partition coefficient (Wildman–Crippen LogP) is 4.98. The molecule has 0 aromatic heterocycles. The van der Waals surface area contributed by atoms with Crippen molar-refractivity contribution in [3.05, 3.63) is 67.9 Å². The molecular weight excluding hydrogens is 339 g/mol. The van der Waals surface area contributed by atoms with Crippen LogP contribution < -0.4 is 5.32 Å². The van der Waals surface area contributed by atoms with E-state index in [2.05, 4.69) is 21.2 Å². The Morgan fingerprint density at radius 2 is 2.00 bits per heavy atom. The third kappa shape index (κ3) is 3.58. The number of nitro groups is 1. The van der Waals surface area contributed by atoms with Gasteiger partial charge in [0, 0.05) is 22.1 Å². The van der Waals surface area contributed by atoms with Gasteiger partial charge in [-0.3, -0.25) is 10.1 Å². The SMILES string of the molecule is Cc1ccc(C(C)Nc2cc(F)ccc2Br)cc1[N+](=O)[O-]. The molecule has 0 saturated carbocycles. The van der Waals surface area contributed by atoms with Crippen molar-refractivity contribution < 1.29 is 9.31 Å². The molecule has 0 saturated heterocycles. The van der Waals surface area contributed by atoms with Crippen molar-refractivity contribution in [2.24, 2.45) is 0 Å². The number of nitro benzene ring substituents is 1. The molecule has 0 bridgehead atoms. The zero-order chi connectivity index (χ0) is 15.6. The average molecular weight is 353 g/mol. The van der Waals surface area contributed by atoms with E-state index in [1.807, 2.05) is 13.0 Å². The molecular formula is C15H14BrFN2O2. The molecule has 0 aliphatic carbocycles. The van der Waals surface area contributed by atoms with Crippen LogP contribution in [0.5, 0.6) is 0 Å². The minimum absolute atomic E-state index is 0.0828. The number of hydrogen-bond donors (Lipinski definition) is 1. The number of nitrogens with zero attached hydrogens (tertiary/aromatic N) is 1. The fraction of sp³-hybridized carbons (Fsp3) is 0.200. The Morgan fingerprint density at radius 1 is 1.29 bits per heavy atom. The van der Waals surface area contributed by atoms with E-state index in [9.17, 15) is 14.5 Å². The first-order chi connectivity index (χ1) is 9.88. The molecule has 110 valence electrons. The zero-order valence-corrected chi connectivity index (χ0v) is 13.1. The van der Waals surface area contributed by atoms with Crippen LogP contribution >= 0.6 is 15.9 Å². The van der Waals surface area contributed by atoms with Gasteiger partial charge in [0.05, 0.1) is 10.6 Å². The smallest absolute Gasteiger partial charge is 0.272 e. The van der Waals surface area contributed by atoms with E-state index in [0.29, 0.717) is 11.3 Å². The lowest BCUT2D eigenvalue weighted by molar-refractivity contribution is -0.385. The van der Waals surface area contributed by atoms with Crippen LogP contribution in [0.4, 0.5) is 15.8 Å². The average Bonchev–Trinajstić information content (AvgIpc) is 2.43. The second kappa shape index (κ2) is 6.22. The van der Waals surface area contributed by atoms with Gasteiger partial charge in [-0.25, -0.2) is 4.39 Å². The molecule has 2 rings (SSSR count). The summed E-state index contributed by atoms with van der Waals surface area (Å²) in [6.45, 7) is 3.56. The molecule has 0 spiro atoms. The van der Waals surface area contributed by atoms with Gasteiger partial charge in [-0.05, 0) is 53.5 Å². The minimum atomic E-state index is -0.399. The van der Waals surface area contributed by atoms with Gasteiger partial charge in [0.2, 0.25) is 0 Å². The summed E-state index contributed by atoms with van der Waals surface area (Å²) < 4.78 is 14.0. The van der Waals surface area contributed by atoms with Crippen LogP contribution in [0.15, 0.2) is 40.9 Å². The third-order valence-corrected chi connectivity index (χ3v) is 3.92. The lowest BCUT2D eigenvalue weighted by atomic mass is 10.0. The van der Waals surface area contributed by atoms with Gasteiger partial charge in [0.1, 0.15) is 5.82 Å². The molecule has 4 nitrogen and oxygen atoms in total. The van der Waals surface area contributed by atoms with Crippen LogP contribution in [0.3, 0.4) is 0 Å². The first-order valence-electron chi connectivity index (χ1n) is 6.35. The van der Waals surface area contributed by atoms with Gasteiger partial charge in [0.15, 0.2) is 0 Å². The van der Waals surface area contributed by atoms with E-state index in [-0.39, 0.29) is 17.5 Å². The van der Waals surface area contributed by atoms with Crippen LogP contribution in [0.1, 0.15) is 24.1 Å². The zero-order valence-electron chi connectivity index (χ0n) is 11.6. The summed E-state index contributed by atoms with van der Waals surface area (Å²) in [7, 11) is 0. The number of aryl methyl sites for hydroxylation is 1. The van der Waals surface area contributed by atoms with Crippen LogP contribution in [-0.4, -0.2) is 4.92 Å². The van der Waals surface area contributed by atoms with Crippen molar-refractivity contribution in [2.45, 2.75) is 19.9 Å². The predicted molar refractivity (Wildman–Crippen MR) is 84.0 cm³/mol. The third-order valence-electron chi connectivity index (χ3n) is 3.23. The molecule has 6 heteroatoms.